The SMILES string of the molecule is [CH2-]C(C)N=C(c1ccccc1)C(O)(N=NC)c1ccccc1.[Na+]. The molecule has 0 spiro atoms. The van der Waals surface area contributed by atoms with Crippen molar-refractivity contribution in [3.8, 4) is 0 Å². The Morgan fingerprint density at radius 1 is 1.04 bits per heavy atom. The van der Waals surface area contributed by atoms with Crippen LogP contribution < -0.4 is 29.6 Å². The van der Waals surface area contributed by atoms with Crippen LogP contribution in [-0.4, -0.2) is 23.9 Å². The van der Waals surface area contributed by atoms with Crippen molar-refractivity contribution >= 4 is 5.71 Å². The minimum absolute atomic E-state index is 0. The summed E-state index contributed by atoms with van der Waals surface area (Å²) in [6, 6.07) is 18.5. The second kappa shape index (κ2) is 9.08. The Hall–Kier alpha value is -1.33. The van der Waals surface area contributed by atoms with Crippen LogP contribution in [0.3, 0.4) is 0 Å². The zero-order valence-corrected chi connectivity index (χ0v) is 15.8. The maximum atomic E-state index is 11.2. The number of benzene rings is 2. The molecule has 0 radical (unpaired) electrons. The van der Waals surface area contributed by atoms with E-state index in [9.17, 15) is 5.11 Å². The van der Waals surface area contributed by atoms with Gasteiger partial charge in [0.05, 0.1) is 5.71 Å². The summed E-state index contributed by atoms with van der Waals surface area (Å²) in [6.45, 7) is 5.76. The first kappa shape index (κ1) is 19.7. The van der Waals surface area contributed by atoms with Crippen LogP contribution >= 0.6 is 0 Å². The molecule has 0 amide bonds. The van der Waals surface area contributed by atoms with Crippen molar-refractivity contribution in [2.45, 2.75) is 18.7 Å². The van der Waals surface area contributed by atoms with E-state index in [2.05, 4.69) is 22.1 Å². The number of nitrogens with zero attached hydrogens (tertiary/aromatic N) is 3. The molecule has 0 aliphatic heterocycles. The Morgan fingerprint density at radius 3 is 2.04 bits per heavy atom. The van der Waals surface area contributed by atoms with Gasteiger partial charge in [0.2, 0.25) is 5.72 Å². The average Bonchev–Trinajstić information content (AvgIpc) is 2.54. The van der Waals surface area contributed by atoms with E-state index in [4.69, 9.17) is 0 Å². The van der Waals surface area contributed by atoms with Gasteiger partial charge in [0, 0.05) is 18.2 Å². The molecular formula is C18H20N3NaO. The maximum absolute atomic E-state index is 11.2. The van der Waals surface area contributed by atoms with Gasteiger partial charge in [-0.05, 0) is 0 Å². The van der Waals surface area contributed by atoms with Crippen molar-refractivity contribution in [1.82, 2.24) is 0 Å². The number of aliphatic imine (C=N–C) groups is 1. The summed E-state index contributed by atoms with van der Waals surface area (Å²) in [7, 11) is 1.53. The molecule has 4 nitrogen and oxygen atoms in total. The summed E-state index contributed by atoms with van der Waals surface area (Å²) >= 11 is 0. The number of azo groups is 1. The molecule has 0 aliphatic carbocycles. The van der Waals surface area contributed by atoms with Crippen molar-refractivity contribution in [3.05, 3.63) is 78.7 Å². The molecule has 2 atom stereocenters. The standard InChI is InChI=1S/C18H20N3O.Na/c1-14(2)20-17(15-10-6-4-7-11-15)18(22,21-19-3)16-12-8-5-9-13-16;/h4-14,22H,1H2,2-3H3;/q-1;+1. The Morgan fingerprint density at radius 2 is 1.57 bits per heavy atom. The number of aliphatic hydroxyl groups is 1. The van der Waals surface area contributed by atoms with Crippen LogP contribution in [-0.2, 0) is 5.72 Å². The topological polar surface area (TPSA) is 57.3 Å². The predicted molar refractivity (Wildman–Crippen MR) is 88.9 cm³/mol. The molecule has 2 unspecified atom stereocenters. The van der Waals surface area contributed by atoms with Crippen LogP contribution in [0.25, 0.3) is 0 Å². The van der Waals surface area contributed by atoms with Gasteiger partial charge < -0.3 is 17.0 Å². The maximum Gasteiger partial charge on any atom is 1.00 e. The first-order chi connectivity index (χ1) is 10.6. The van der Waals surface area contributed by atoms with Crippen molar-refractivity contribution in [3.63, 3.8) is 0 Å². The quantitative estimate of drug-likeness (QED) is 0.374. The van der Waals surface area contributed by atoms with Gasteiger partial charge in [0.25, 0.3) is 0 Å². The molecule has 0 fully saturated rings. The monoisotopic (exact) mass is 317 g/mol. The van der Waals surface area contributed by atoms with Gasteiger partial charge in [-0.1, -0.05) is 73.6 Å². The molecule has 0 bridgehead atoms. The molecule has 0 saturated carbocycles. The molecule has 2 aromatic rings. The van der Waals surface area contributed by atoms with Crippen molar-refractivity contribution in [1.29, 1.82) is 0 Å². The first-order valence-electron chi connectivity index (χ1n) is 7.13. The van der Waals surface area contributed by atoms with Gasteiger partial charge in [-0.15, -0.1) is 5.11 Å². The second-order valence-electron chi connectivity index (χ2n) is 5.03. The molecular weight excluding hydrogens is 297 g/mol. The molecule has 23 heavy (non-hydrogen) atoms. The van der Waals surface area contributed by atoms with Gasteiger partial charge in [-0.2, -0.15) is 5.11 Å². The predicted octanol–water partition coefficient (Wildman–Crippen LogP) is 0.630. The summed E-state index contributed by atoms with van der Waals surface area (Å²) in [5, 5.41) is 19.1. The summed E-state index contributed by atoms with van der Waals surface area (Å²) in [6.07, 6.45) is 0. The summed E-state index contributed by atoms with van der Waals surface area (Å²) in [5.74, 6) is 0. The third kappa shape index (κ3) is 4.82. The van der Waals surface area contributed by atoms with Crippen molar-refractivity contribution in [2.24, 2.45) is 15.2 Å². The molecule has 2 aromatic carbocycles. The van der Waals surface area contributed by atoms with Crippen molar-refractivity contribution in [2.75, 3.05) is 7.05 Å². The van der Waals surface area contributed by atoms with E-state index in [0.29, 0.717) is 11.3 Å². The molecule has 2 rings (SSSR count). The Balaban J connectivity index is 0.00000264. The zero-order chi connectivity index (χ0) is 16.0. The van der Waals surface area contributed by atoms with E-state index in [-0.39, 0.29) is 35.6 Å². The van der Waals surface area contributed by atoms with Gasteiger partial charge >= 0.3 is 29.6 Å². The van der Waals surface area contributed by atoms with Crippen LogP contribution in [0.4, 0.5) is 0 Å². The summed E-state index contributed by atoms with van der Waals surface area (Å²) in [4.78, 5) is 4.52. The average molecular weight is 317 g/mol. The van der Waals surface area contributed by atoms with E-state index in [0.717, 1.165) is 5.56 Å². The first-order valence-corrected chi connectivity index (χ1v) is 7.13. The largest absolute Gasteiger partial charge is 1.00 e. The van der Waals surface area contributed by atoms with Gasteiger partial charge in [-0.3, -0.25) is 0 Å². The summed E-state index contributed by atoms with van der Waals surface area (Å²) < 4.78 is 0. The summed E-state index contributed by atoms with van der Waals surface area (Å²) in [5.41, 5.74) is 0.205. The van der Waals surface area contributed by atoms with Crippen LogP contribution in [0.5, 0.6) is 0 Å². The fourth-order valence-corrected chi connectivity index (χ4v) is 2.24. The van der Waals surface area contributed by atoms with E-state index in [1.807, 2.05) is 55.5 Å². The number of rotatable bonds is 5. The van der Waals surface area contributed by atoms with Gasteiger partial charge in [-0.25, -0.2) is 0 Å². The van der Waals surface area contributed by atoms with E-state index in [1.54, 1.807) is 12.1 Å². The molecule has 1 N–H and O–H groups in total. The zero-order valence-electron chi connectivity index (χ0n) is 13.8. The van der Waals surface area contributed by atoms with Crippen LogP contribution in [0.1, 0.15) is 18.1 Å². The Kier molecular flexibility index (Phi) is 7.79. The molecule has 0 aliphatic rings. The Labute approximate surface area is 159 Å². The van der Waals surface area contributed by atoms with E-state index in [1.165, 1.54) is 7.05 Å². The molecule has 0 heterocycles. The normalized spacial score (nSPS) is 15.7. The van der Waals surface area contributed by atoms with Crippen molar-refractivity contribution < 1.29 is 34.7 Å². The van der Waals surface area contributed by atoms with Crippen LogP contribution in [0.15, 0.2) is 75.9 Å². The second-order valence-corrected chi connectivity index (χ2v) is 5.03. The van der Waals surface area contributed by atoms with E-state index >= 15 is 0 Å². The molecule has 114 valence electrons. The minimum atomic E-state index is -1.64. The smallest absolute Gasteiger partial charge is 0.359 e. The third-order valence-corrected chi connectivity index (χ3v) is 3.15. The number of hydrogen-bond donors (Lipinski definition) is 1. The Bertz CT molecular complexity index is 656. The molecule has 5 heteroatoms. The third-order valence-electron chi connectivity index (χ3n) is 3.15. The van der Waals surface area contributed by atoms with Gasteiger partial charge in [0.1, 0.15) is 0 Å². The van der Waals surface area contributed by atoms with Gasteiger partial charge in [0.15, 0.2) is 0 Å². The van der Waals surface area contributed by atoms with E-state index < -0.39 is 5.72 Å². The fraction of sp³-hybridized carbons (Fsp3) is 0.222. The fourth-order valence-electron chi connectivity index (χ4n) is 2.24. The van der Waals surface area contributed by atoms with Crippen LogP contribution in [0.2, 0.25) is 0 Å². The minimum Gasteiger partial charge on any atom is -0.359 e. The molecule has 0 saturated heterocycles. The van der Waals surface area contributed by atoms with Crippen LogP contribution in [0, 0.1) is 6.92 Å². The number of hydrogen-bond acceptors (Lipinski definition) is 4. The molecule has 0 aromatic heterocycles.